The molecule has 9 heteroatoms. The Morgan fingerprint density at radius 1 is 1.42 bits per heavy atom. The first-order valence-electron chi connectivity index (χ1n) is 7.42. The largest absolute Gasteiger partial charge is 0.316 e. The van der Waals surface area contributed by atoms with Crippen LogP contribution in [0.3, 0.4) is 0 Å². The Morgan fingerprint density at radius 2 is 2.12 bits per heavy atom. The summed E-state index contributed by atoms with van der Waals surface area (Å²) in [5.74, 6) is -1.07. The zero-order valence-corrected chi connectivity index (χ0v) is 15.5. The molecule has 2 saturated heterocycles. The first-order chi connectivity index (χ1) is 11.2. The molecule has 1 amide bonds. The predicted molar refractivity (Wildman–Crippen MR) is 95.0 cm³/mol. The van der Waals surface area contributed by atoms with Crippen LogP contribution in [0.15, 0.2) is 23.2 Å². The third kappa shape index (κ3) is 3.32. The van der Waals surface area contributed by atoms with Crippen LogP contribution in [0, 0.1) is 11.7 Å². The normalized spacial score (nSPS) is 27.0. The van der Waals surface area contributed by atoms with E-state index in [9.17, 15) is 17.6 Å². The van der Waals surface area contributed by atoms with Crippen molar-refractivity contribution >= 4 is 50.0 Å². The topological polar surface area (TPSA) is 66.8 Å². The number of amidine groups is 1. The predicted octanol–water partition coefficient (Wildman–Crippen LogP) is 2.74. The van der Waals surface area contributed by atoms with Crippen molar-refractivity contribution in [2.45, 2.75) is 25.1 Å². The Morgan fingerprint density at radius 3 is 2.75 bits per heavy atom. The number of hydrogen-bond acceptors (Lipinski definition) is 4. The van der Waals surface area contributed by atoms with E-state index < -0.39 is 15.7 Å². The Balaban J connectivity index is 2.04. The third-order valence-electron chi connectivity index (χ3n) is 3.95. The van der Waals surface area contributed by atoms with Crippen molar-refractivity contribution in [3.05, 3.63) is 29.0 Å². The highest BCUT2D eigenvalue weighted by atomic mass is 35.5. The van der Waals surface area contributed by atoms with Crippen LogP contribution in [-0.4, -0.2) is 42.3 Å². The molecule has 2 heterocycles. The Labute approximate surface area is 149 Å². The van der Waals surface area contributed by atoms with Gasteiger partial charge in [-0.1, -0.05) is 37.2 Å². The zero-order chi connectivity index (χ0) is 17.6. The summed E-state index contributed by atoms with van der Waals surface area (Å²) < 4.78 is 37.3. The lowest BCUT2D eigenvalue weighted by molar-refractivity contribution is -0.120. The molecule has 3 rings (SSSR count). The number of rotatable bonds is 2. The van der Waals surface area contributed by atoms with Crippen molar-refractivity contribution in [2.24, 2.45) is 10.9 Å². The van der Waals surface area contributed by atoms with Gasteiger partial charge in [0, 0.05) is 16.9 Å². The highest BCUT2D eigenvalue weighted by Gasteiger charge is 2.49. The summed E-state index contributed by atoms with van der Waals surface area (Å²) in [6.45, 7) is 3.49. The van der Waals surface area contributed by atoms with Crippen LogP contribution < -0.4 is 4.90 Å². The van der Waals surface area contributed by atoms with E-state index in [4.69, 9.17) is 11.6 Å². The van der Waals surface area contributed by atoms with Gasteiger partial charge in [-0.05, 0) is 18.2 Å². The molecular weight excluding hydrogens is 375 g/mol. The number of nitrogens with zero attached hydrogens (tertiary/aromatic N) is 2. The number of carbonyl (C=O) groups excluding carboxylic acids is 1. The second kappa shape index (κ2) is 6.31. The second-order valence-electron chi connectivity index (χ2n) is 6.16. The van der Waals surface area contributed by atoms with Gasteiger partial charge in [0.25, 0.3) is 5.91 Å². The van der Waals surface area contributed by atoms with Crippen molar-refractivity contribution in [3.8, 4) is 0 Å². The second-order valence-corrected chi connectivity index (χ2v) is 9.92. The molecule has 24 heavy (non-hydrogen) atoms. The van der Waals surface area contributed by atoms with Crippen LogP contribution in [0.5, 0.6) is 0 Å². The van der Waals surface area contributed by atoms with Gasteiger partial charge < -0.3 is 4.90 Å². The molecule has 0 N–H and O–H groups in total. The monoisotopic (exact) mass is 390 g/mol. The molecule has 130 valence electrons. The lowest BCUT2D eigenvalue weighted by atomic mass is 10.2. The molecule has 1 aromatic carbocycles. The molecular formula is C15H16ClFN2O3S2. The summed E-state index contributed by atoms with van der Waals surface area (Å²) in [4.78, 5) is 17.9. The van der Waals surface area contributed by atoms with Crippen LogP contribution in [0.25, 0.3) is 0 Å². The number of sulfone groups is 1. The van der Waals surface area contributed by atoms with E-state index in [0.717, 1.165) is 0 Å². The molecule has 1 aromatic rings. The van der Waals surface area contributed by atoms with E-state index in [1.165, 1.54) is 30.0 Å². The minimum atomic E-state index is -3.14. The van der Waals surface area contributed by atoms with E-state index >= 15 is 0 Å². The van der Waals surface area contributed by atoms with Gasteiger partial charge >= 0.3 is 0 Å². The van der Waals surface area contributed by atoms with Gasteiger partial charge in [0.1, 0.15) is 5.82 Å². The lowest BCUT2D eigenvalue weighted by Crippen LogP contribution is -2.37. The smallest absolute Gasteiger partial charge is 0.250 e. The van der Waals surface area contributed by atoms with Crippen LogP contribution in [0.4, 0.5) is 10.1 Å². The summed E-state index contributed by atoms with van der Waals surface area (Å²) in [5, 5.41) is 0.190. The molecule has 0 aromatic heterocycles. The van der Waals surface area contributed by atoms with Gasteiger partial charge in [0.15, 0.2) is 15.0 Å². The van der Waals surface area contributed by atoms with Crippen molar-refractivity contribution in [3.63, 3.8) is 0 Å². The molecule has 0 spiro atoms. The molecule has 2 aliphatic heterocycles. The maximum Gasteiger partial charge on any atom is 0.250 e. The summed E-state index contributed by atoms with van der Waals surface area (Å²) in [6.07, 6.45) is 0. The molecule has 0 aliphatic carbocycles. The molecule has 2 unspecified atom stereocenters. The number of amides is 1. The van der Waals surface area contributed by atoms with Crippen LogP contribution >= 0.6 is 23.4 Å². The fourth-order valence-electron chi connectivity index (χ4n) is 2.72. The molecule has 0 saturated carbocycles. The standard InChI is InChI=1S/C15H16ClFN2O3S2/c1-8(2)14(20)18-15-19(9-3-4-11(17)10(16)5-9)12-6-24(21,22)7-13(12)23-15/h3-5,8,12-13H,6-7H2,1-2H3. The highest BCUT2D eigenvalue weighted by molar-refractivity contribution is 8.16. The van der Waals surface area contributed by atoms with E-state index in [1.54, 1.807) is 18.7 Å². The number of carbonyl (C=O) groups is 1. The fourth-order valence-corrected chi connectivity index (χ4v) is 6.82. The van der Waals surface area contributed by atoms with E-state index in [0.29, 0.717) is 10.9 Å². The summed E-state index contributed by atoms with van der Waals surface area (Å²) >= 11 is 7.14. The van der Waals surface area contributed by atoms with Crippen molar-refractivity contribution in [1.29, 1.82) is 0 Å². The maximum absolute atomic E-state index is 13.5. The summed E-state index contributed by atoms with van der Waals surface area (Å²) in [6, 6.07) is 3.84. The number of halogens is 2. The maximum atomic E-state index is 13.5. The van der Waals surface area contributed by atoms with E-state index in [2.05, 4.69) is 4.99 Å². The van der Waals surface area contributed by atoms with Gasteiger partial charge in [0.2, 0.25) is 0 Å². The van der Waals surface area contributed by atoms with Crippen LogP contribution in [-0.2, 0) is 14.6 Å². The summed E-state index contributed by atoms with van der Waals surface area (Å²) in [5.41, 5.74) is 0.536. The number of thioether (sulfide) groups is 1. The minimum absolute atomic E-state index is 0.0193. The molecule has 2 aliphatic rings. The molecule has 2 fully saturated rings. The van der Waals surface area contributed by atoms with Crippen LogP contribution in [0.1, 0.15) is 13.8 Å². The number of hydrogen-bond donors (Lipinski definition) is 0. The van der Waals surface area contributed by atoms with Crippen molar-refractivity contribution in [2.75, 3.05) is 16.4 Å². The number of aliphatic imine (C=N–C) groups is 1. The Hall–Kier alpha value is -1.12. The van der Waals surface area contributed by atoms with Gasteiger partial charge in [-0.25, -0.2) is 12.8 Å². The minimum Gasteiger partial charge on any atom is -0.316 e. The van der Waals surface area contributed by atoms with Crippen molar-refractivity contribution in [1.82, 2.24) is 0 Å². The van der Waals surface area contributed by atoms with Gasteiger partial charge in [0.05, 0.1) is 22.6 Å². The Bertz CT molecular complexity index is 826. The van der Waals surface area contributed by atoms with Gasteiger partial charge in [-0.15, -0.1) is 0 Å². The number of fused-ring (bicyclic) bond motifs is 1. The zero-order valence-electron chi connectivity index (χ0n) is 13.1. The van der Waals surface area contributed by atoms with E-state index in [-0.39, 0.29) is 39.6 Å². The first-order valence-corrected chi connectivity index (χ1v) is 10.5. The average Bonchev–Trinajstić information content (AvgIpc) is 2.93. The molecule has 2 atom stereocenters. The Kier molecular flexibility index (Phi) is 4.65. The van der Waals surface area contributed by atoms with E-state index in [1.807, 2.05) is 0 Å². The van der Waals surface area contributed by atoms with Gasteiger partial charge in [-0.3, -0.25) is 4.79 Å². The summed E-state index contributed by atoms with van der Waals surface area (Å²) in [7, 11) is -3.14. The number of benzene rings is 1. The first kappa shape index (κ1) is 17.7. The average molecular weight is 391 g/mol. The molecule has 0 bridgehead atoms. The molecule has 0 radical (unpaired) electrons. The quantitative estimate of drug-likeness (QED) is 0.776. The molecule has 5 nitrogen and oxygen atoms in total. The highest BCUT2D eigenvalue weighted by Crippen LogP contribution is 2.41. The third-order valence-corrected chi connectivity index (χ3v) is 7.45. The fraction of sp³-hybridized carbons (Fsp3) is 0.467. The van der Waals surface area contributed by atoms with Crippen molar-refractivity contribution < 1.29 is 17.6 Å². The number of anilines is 1. The van der Waals surface area contributed by atoms with Gasteiger partial charge in [-0.2, -0.15) is 4.99 Å². The SMILES string of the molecule is CC(C)C(=O)N=C1SC2CS(=O)(=O)CC2N1c1ccc(F)c(Cl)c1. The lowest BCUT2D eigenvalue weighted by Gasteiger charge is -2.24. The van der Waals surface area contributed by atoms with Crippen LogP contribution in [0.2, 0.25) is 5.02 Å².